The molecular weight excluding hydrogens is 172 g/mol. The number of methoxy groups -OCH3 is 1. The number of para-hydroxylation sites is 1. The minimum absolute atomic E-state index is 0.295. The summed E-state index contributed by atoms with van der Waals surface area (Å²) >= 11 is 0. The highest BCUT2D eigenvalue weighted by atomic mass is 16.5. The average Bonchev–Trinajstić information content (AvgIpc) is 2.26. The first-order valence-electron chi connectivity index (χ1n) is 4.69. The van der Waals surface area contributed by atoms with Gasteiger partial charge in [0.2, 0.25) is 0 Å². The molecule has 0 bridgehead atoms. The van der Waals surface area contributed by atoms with Crippen LogP contribution in [-0.2, 0) is 0 Å². The van der Waals surface area contributed by atoms with Crippen LogP contribution >= 0.6 is 0 Å². The summed E-state index contributed by atoms with van der Waals surface area (Å²) in [6.07, 6.45) is 4.72. The normalized spacial score (nSPS) is 11.8. The molecule has 1 heteroatoms. The smallest absolute Gasteiger partial charge is 0.122 e. The standard InChI is InChI=1S/C13H16O/c1-4-8-11(5-2)12-9-6-7-10-13(12)14-3/h4-7,9-11H,1-2,8H2,3H3/t11-/m0/s1. The summed E-state index contributed by atoms with van der Waals surface area (Å²) in [5, 5.41) is 0. The van der Waals surface area contributed by atoms with Crippen molar-refractivity contribution in [2.45, 2.75) is 12.3 Å². The van der Waals surface area contributed by atoms with Crippen LogP contribution in [0.25, 0.3) is 0 Å². The van der Waals surface area contributed by atoms with Gasteiger partial charge in [-0.3, -0.25) is 0 Å². The lowest BCUT2D eigenvalue weighted by Crippen LogP contribution is -1.97. The topological polar surface area (TPSA) is 9.23 Å². The lowest BCUT2D eigenvalue weighted by Gasteiger charge is -2.14. The van der Waals surface area contributed by atoms with Crippen molar-refractivity contribution in [1.82, 2.24) is 0 Å². The van der Waals surface area contributed by atoms with Crippen LogP contribution in [-0.4, -0.2) is 7.11 Å². The predicted molar refractivity (Wildman–Crippen MR) is 60.7 cm³/mol. The minimum Gasteiger partial charge on any atom is -0.496 e. The van der Waals surface area contributed by atoms with Gasteiger partial charge < -0.3 is 4.74 Å². The average molecular weight is 188 g/mol. The summed E-state index contributed by atoms with van der Waals surface area (Å²) < 4.78 is 5.29. The monoisotopic (exact) mass is 188 g/mol. The number of ether oxygens (including phenoxy) is 1. The second kappa shape index (κ2) is 5.28. The molecule has 0 heterocycles. The fraction of sp³-hybridized carbons (Fsp3) is 0.231. The fourth-order valence-corrected chi connectivity index (χ4v) is 1.50. The van der Waals surface area contributed by atoms with E-state index in [0.717, 1.165) is 12.2 Å². The van der Waals surface area contributed by atoms with E-state index >= 15 is 0 Å². The largest absolute Gasteiger partial charge is 0.496 e. The van der Waals surface area contributed by atoms with Crippen LogP contribution in [0.3, 0.4) is 0 Å². The van der Waals surface area contributed by atoms with E-state index in [1.54, 1.807) is 7.11 Å². The van der Waals surface area contributed by atoms with Gasteiger partial charge >= 0.3 is 0 Å². The molecule has 1 aromatic carbocycles. The van der Waals surface area contributed by atoms with Gasteiger partial charge in [-0.1, -0.05) is 30.4 Å². The summed E-state index contributed by atoms with van der Waals surface area (Å²) in [4.78, 5) is 0. The molecule has 0 radical (unpaired) electrons. The maximum absolute atomic E-state index is 5.29. The van der Waals surface area contributed by atoms with Crippen LogP contribution in [0.4, 0.5) is 0 Å². The van der Waals surface area contributed by atoms with Crippen molar-refractivity contribution >= 4 is 0 Å². The minimum atomic E-state index is 0.295. The molecule has 0 saturated heterocycles. The van der Waals surface area contributed by atoms with E-state index in [4.69, 9.17) is 4.74 Å². The molecule has 1 atom stereocenters. The highest BCUT2D eigenvalue weighted by molar-refractivity contribution is 5.38. The molecule has 0 unspecified atom stereocenters. The molecule has 74 valence electrons. The molecule has 0 saturated carbocycles. The van der Waals surface area contributed by atoms with Crippen LogP contribution in [0.5, 0.6) is 5.75 Å². The number of allylic oxidation sites excluding steroid dienone is 2. The van der Waals surface area contributed by atoms with E-state index in [2.05, 4.69) is 19.2 Å². The van der Waals surface area contributed by atoms with Gasteiger partial charge in [0.25, 0.3) is 0 Å². The Labute approximate surface area is 85.7 Å². The summed E-state index contributed by atoms with van der Waals surface area (Å²) in [6, 6.07) is 8.01. The van der Waals surface area contributed by atoms with Crippen molar-refractivity contribution in [2.75, 3.05) is 7.11 Å². The molecule has 1 nitrogen and oxygen atoms in total. The van der Waals surface area contributed by atoms with Crippen LogP contribution in [0.15, 0.2) is 49.6 Å². The molecular formula is C13H16O. The van der Waals surface area contributed by atoms with Crippen LogP contribution in [0.1, 0.15) is 17.9 Å². The summed E-state index contributed by atoms with van der Waals surface area (Å²) in [5.74, 6) is 1.21. The van der Waals surface area contributed by atoms with Crippen LogP contribution < -0.4 is 4.74 Å². The third-order valence-corrected chi connectivity index (χ3v) is 2.24. The van der Waals surface area contributed by atoms with Gasteiger partial charge in [0.1, 0.15) is 5.75 Å². The van der Waals surface area contributed by atoms with Crippen molar-refractivity contribution in [1.29, 1.82) is 0 Å². The molecule has 0 amide bonds. The Hall–Kier alpha value is -1.50. The summed E-state index contributed by atoms with van der Waals surface area (Å²) in [7, 11) is 1.69. The highest BCUT2D eigenvalue weighted by Gasteiger charge is 2.10. The van der Waals surface area contributed by atoms with Crippen molar-refractivity contribution in [3.8, 4) is 5.75 Å². The zero-order valence-corrected chi connectivity index (χ0v) is 8.57. The molecule has 0 aliphatic carbocycles. The van der Waals surface area contributed by atoms with E-state index < -0.39 is 0 Å². The molecule has 1 rings (SSSR count). The predicted octanol–water partition coefficient (Wildman–Crippen LogP) is 3.54. The van der Waals surface area contributed by atoms with Crippen molar-refractivity contribution in [3.05, 3.63) is 55.1 Å². The molecule has 0 spiro atoms. The Balaban J connectivity index is 3.01. The third kappa shape index (κ3) is 2.25. The van der Waals surface area contributed by atoms with Gasteiger partial charge in [-0.25, -0.2) is 0 Å². The second-order valence-electron chi connectivity index (χ2n) is 3.11. The zero-order chi connectivity index (χ0) is 10.4. The lowest BCUT2D eigenvalue weighted by atomic mass is 9.95. The maximum atomic E-state index is 5.29. The van der Waals surface area contributed by atoms with E-state index in [1.807, 2.05) is 30.4 Å². The van der Waals surface area contributed by atoms with Gasteiger partial charge in [-0.05, 0) is 12.5 Å². The molecule has 0 N–H and O–H groups in total. The molecule has 0 aliphatic heterocycles. The highest BCUT2D eigenvalue weighted by Crippen LogP contribution is 2.29. The van der Waals surface area contributed by atoms with Crippen LogP contribution in [0, 0.1) is 0 Å². The third-order valence-electron chi connectivity index (χ3n) is 2.24. The molecule has 0 aromatic heterocycles. The molecule has 1 aromatic rings. The first kappa shape index (κ1) is 10.6. The summed E-state index contributed by atoms with van der Waals surface area (Å²) in [5.41, 5.74) is 1.17. The SMILES string of the molecule is C=CC[C@H](C=C)c1ccccc1OC. The van der Waals surface area contributed by atoms with Gasteiger partial charge in [0.05, 0.1) is 7.11 Å². The number of hydrogen-bond acceptors (Lipinski definition) is 1. The van der Waals surface area contributed by atoms with E-state index in [0.29, 0.717) is 5.92 Å². The van der Waals surface area contributed by atoms with E-state index in [9.17, 15) is 0 Å². The van der Waals surface area contributed by atoms with Gasteiger partial charge in [-0.15, -0.1) is 13.2 Å². The molecule has 0 aliphatic rings. The lowest BCUT2D eigenvalue weighted by molar-refractivity contribution is 0.408. The first-order valence-corrected chi connectivity index (χ1v) is 4.69. The number of hydrogen-bond donors (Lipinski definition) is 0. The Morgan fingerprint density at radius 1 is 1.36 bits per heavy atom. The molecule has 0 fully saturated rings. The Kier molecular flexibility index (Phi) is 3.99. The maximum Gasteiger partial charge on any atom is 0.122 e. The van der Waals surface area contributed by atoms with Gasteiger partial charge in [-0.2, -0.15) is 0 Å². The van der Waals surface area contributed by atoms with Crippen molar-refractivity contribution < 1.29 is 4.74 Å². The Bertz CT molecular complexity index is 315. The summed E-state index contributed by atoms with van der Waals surface area (Å²) in [6.45, 7) is 7.57. The quantitative estimate of drug-likeness (QED) is 0.642. The zero-order valence-electron chi connectivity index (χ0n) is 8.57. The Morgan fingerprint density at radius 3 is 2.64 bits per heavy atom. The molecule has 14 heavy (non-hydrogen) atoms. The Morgan fingerprint density at radius 2 is 2.07 bits per heavy atom. The van der Waals surface area contributed by atoms with Gasteiger partial charge in [0.15, 0.2) is 0 Å². The first-order chi connectivity index (χ1) is 6.83. The van der Waals surface area contributed by atoms with E-state index in [-0.39, 0.29) is 0 Å². The van der Waals surface area contributed by atoms with E-state index in [1.165, 1.54) is 5.56 Å². The van der Waals surface area contributed by atoms with Crippen LogP contribution in [0.2, 0.25) is 0 Å². The number of benzene rings is 1. The fourth-order valence-electron chi connectivity index (χ4n) is 1.50. The van der Waals surface area contributed by atoms with Crippen molar-refractivity contribution in [2.24, 2.45) is 0 Å². The van der Waals surface area contributed by atoms with Gasteiger partial charge in [0, 0.05) is 11.5 Å². The number of rotatable bonds is 5. The second-order valence-corrected chi connectivity index (χ2v) is 3.11. The van der Waals surface area contributed by atoms with Crippen molar-refractivity contribution in [3.63, 3.8) is 0 Å².